The van der Waals surface area contributed by atoms with Crippen molar-refractivity contribution in [3.05, 3.63) is 58.4 Å². The molecule has 0 amide bonds. The van der Waals surface area contributed by atoms with Crippen LogP contribution in [0.15, 0.2) is 36.4 Å². The fraction of sp³-hybridized carbons (Fsp3) is 0.200. The minimum Gasteiger partial charge on any atom is -0.496 e. The molecule has 0 spiro atoms. The van der Waals surface area contributed by atoms with E-state index >= 15 is 0 Å². The van der Waals surface area contributed by atoms with Crippen LogP contribution in [0.5, 0.6) is 11.5 Å². The summed E-state index contributed by atoms with van der Waals surface area (Å²) in [5.74, 6) is 6.38. The van der Waals surface area contributed by atoms with Gasteiger partial charge in [-0.05, 0) is 36.4 Å². The molecule has 0 bridgehead atoms. The minimum atomic E-state index is -0.524. The lowest BCUT2D eigenvalue weighted by atomic mass is 9.97. The first kappa shape index (κ1) is 15.6. The van der Waals surface area contributed by atoms with Crippen molar-refractivity contribution in [2.24, 2.45) is 5.84 Å². The summed E-state index contributed by atoms with van der Waals surface area (Å²) in [6, 6.07) is 8.87. The molecular weight excluding hydrogens is 295 g/mol. The molecule has 0 fully saturated rings. The number of benzene rings is 2. The summed E-state index contributed by atoms with van der Waals surface area (Å²) in [5, 5.41) is 0.529. The molecule has 1 unspecified atom stereocenters. The molecule has 0 aliphatic rings. The van der Waals surface area contributed by atoms with Gasteiger partial charge in [-0.25, -0.2) is 9.82 Å². The van der Waals surface area contributed by atoms with Gasteiger partial charge < -0.3 is 9.47 Å². The Kier molecular flexibility index (Phi) is 5.01. The van der Waals surface area contributed by atoms with Gasteiger partial charge in [0.1, 0.15) is 17.3 Å². The maximum Gasteiger partial charge on any atom is 0.124 e. The van der Waals surface area contributed by atoms with Crippen LogP contribution in [-0.2, 0) is 0 Å². The first-order valence-corrected chi connectivity index (χ1v) is 6.61. The largest absolute Gasteiger partial charge is 0.496 e. The van der Waals surface area contributed by atoms with Gasteiger partial charge in [0.25, 0.3) is 0 Å². The number of ether oxygens (including phenoxy) is 2. The molecule has 0 aliphatic heterocycles. The van der Waals surface area contributed by atoms with Crippen LogP contribution in [0.4, 0.5) is 4.39 Å². The first-order chi connectivity index (χ1) is 10.1. The third kappa shape index (κ3) is 3.26. The van der Waals surface area contributed by atoms with E-state index in [1.165, 1.54) is 19.2 Å². The van der Waals surface area contributed by atoms with Gasteiger partial charge >= 0.3 is 0 Å². The molecule has 112 valence electrons. The van der Waals surface area contributed by atoms with Gasteiger partial charge in [0.15, 0.2) is 0 Å². The Morgan fingerprint density at radius 3 is 2.19 bits per heavy atom. The van der Waals surface area contributed by atoms with Crippen molar-refractivity contribution in [2.75, 3.05) is 14.2 Å². The van der Waals surface area contributed by atoms with Gasteiger partial charge in [-0.2, -0.15) is 0 Å². The van der Waals surface area contributed by atoms with Crippen molar-refractivity contribution in [2.45, 2.75) is 6.04 Å². The lowest BCUT2D eigenvalue weighted by Crippen LogP contribution is -2.29. The topological polar surface area (TPSA) is 56.5 Å². The average molecular weight is 311 g/mol. The van der Waals surface area contributed by atoms with Crippen LogP contribution in [0, 0.1) is 5.82 Å². The molecule has 4 nitrogen and oxygen atoms in total. The maximum atomic E-state index is 13.6. The second-order valence-corrected chi connectivity index (χ2v) is 4.81. The molecule has 0 saturated heterocycles. The van der Waals surface area contributed by atoms with Crippen molar-refractivity contribution in [3.8, 4) is 11.5 Å². The normalized spacial score (nSPS) is 12.0. The van der Waals surface area contributed by atoms with Crippen molar-refractivity contribution in [3.63, 3.8) is 0 Å². The van der Waals surface area contributed by atoms with Crippen molar-refractivity contribution >= 4 is 11.6 Å². The monoisotopic (exact) mass is 310 g/mol. The van der Waals surface area contributed by atoms with Gasteiger partial charge in [-0.3, -0.25) is 5.84 Å². The standard InChI is InChI=1S/C15H16ClFN2O2/c1-20-13-5-3-9(16)7-11(13)15(19-18)12-8-10(17)4-6-14(12)21-2/h3-8,15,19H,18H2,1-2H3. The van der Waals surface area contributed by atoms with Crippen LogP contribution in [0.3, 0.4) is 0 Å². The van der Waals surface area contributed by atoms with Crippen LogP contribution in [0.1, 0.15) is 17.2 Å². The first-order valence-electron chi connectivity index (χ1n) is 6.23. The number of methoxy groups -OCH3 is 2. The summed E-state index contributed by atoms with van der Waals surface area (Å²) in [6.45, 7) is 0. The lowest BCUT2D eigenvalue weighted by Gasteiger charge is -2.22. The highest BCUT2D eigenvalue weighted by molar-refractivity contribution is 6.30. The molecule has 0 heterocycles. The van der Waals surface area contributed by atoms with Crippen LogP contribution >= 0.6 is 11.6 Å². The van der Waals surface area contributed by atoms with Crippen LogP contribution in [-0.4, -0.2) is 14.2 Å². The minimum absolute atomic E-state index is 0.382. The Bertz CT molecular complexity index is 584. The van der Waals surface area contributed by atoms with Gasteiger partial charge in [0, 0.05) is 16.1 Å². The molecular formula is C15H16ClFN2O2. The molecule has 0 aromatic heterocycles. The van der Waals surface area contributed by atoms with Gasteiger partial charge in [0.2, 0.25) is 0 Å². The summed E-state index contributed by atoms with van der Waals surface area (Å²) >= 11 is 6.04. The molecule has 21 heavy (non-hydrogen) atoms. The molecule has 6 heteroatoms. The van der Waals surface area contributed by atoms with E-state index in [0.29, 0.717) is 27.6 Å². The molecule has 0 radical (unpaired) electrons. The number of hydrazine groups is 1. The molecule has 0 saturated carbocycles. The molecule has 3 N–H and O–H groups in total. The zero-order chi connectivity index (χ0) is 15.4. The quantitative estimate of drug-likeness (QED) is 0.658. The number of hydrogen-bond donors (Lipinski definition) is 2. The predicted octanol–water partition coefficient (Wildman–Crippen LogP) is 3.05. The second kappa shape index (κ2) is 6.76. The van der Waals surface area contributed by atoms with E-state index in [4.69, 9.17) is 26.9 Å². The Morgan fingerprint density at radius 2 is 1.62 bits per heavy atom. The molecule has 0 aliphatic carbocycles. The van der Waals surface area contributed by atoms with Crippen molar-refractivity contribution < 1.29 is 13.9 Å². The third-order valence-electron chi connectivity index (χ3n) is 3.17. The Morgan fingerprint density at radius 1 is 1.05 bits per heavy atom. The lowest BCUT2D eigenvalue weighted by molar-refractivity contribution is 0.393. The van der Waals surface area contributed by atoms with Crippen LogP contribution in [0.25, 0.3) is 0 Å². The Labute approximate surface area is 127 Å². The van der Waals surface area contributed by atoms with Gasteiger partial charge in [-0.15, -0.1) is 0 Å². The summed E-state index contributed by atoms with van der Waals surface area (Å²) in [6.07, 6.45) is 0. The van der Waals surface area contributed by atoms with Crippen LogP contribution in [0.2, 0.25) is 5.02 Å². The van der Waals surface area contributed by atoms with E-state index in [1.54, 1.807) is 31.4 Å². The average Bonchev–Trinajstić information content (AvgIpc) is 2.48. The Balaban J connectivity index is 2.59. The number of halogens is 2. The zero-order valence-electron chi connectivity index (χ0n) is 11.7. The number of rotatable bonds is 5. The van der Waals surface area contributed by atoms with Crippen molar-refractivity contribution in [1.29, 1.82) is 0 Å². The van der Waals surface area contributed by atoms with Crippen molar-refractivity contribution in [1.82, 2.24) is 5.43 Å². The van der Waals surface area contributed by atoms with E-state index < -0.39 is 6.04 Å². The fourth-order valence-electron chi connectivity index (χ4n) is 2.21. The number of nitrogens with two attached hydrogens (primary N) is 1. The van der Waals surface area contributed by atoms with E-state index in [2.05, 4.69) is 5.43 Å². The summed E-state index contributed by atoms with van der Waals surface area (Å²) in [4.78, 5) is 0. The van der Waals surface area contributed by atoms with E-state index in [-0.39, 0.29) is 5.82 Å². The molecule has 1 atom stereocenters. The second-order valence-electron chi connectivity index (χ2n) is 4.37. The highest BCUT2D eigenvalue weighted by atomic mass is 35.5. The fourth-order valence-corrected chi connectivity index (χ4v) is 2.39. The summed E-state index contributed by atoms with van der Waals surface area (Å²) < 4.78 is 24.2. The summed E-state index contributed by atoms with van der Waals surface area (Å²) in [7, 11) is 3.06. The van der Waals surface area contributed by atoms with Gasteiger partial charge in [-0.1, -0.05) is 11.6 Å². The number of hydrogen-bond acceptors (Lipinski definition) is 4. The highest BCUT2D eigenvalue weighted by Crippen LogP contribution is 2.36. The summed E-state index contributed by atoms with van der Waals surface area (Å²) in [5.41, 5.74) is 3.90. The maximum absolute atomic E-state index is 13.6. The van der Waals surface area contributed by atoms with Crippen LogP contribution < -0.4 is 20.7 Å². The molecule has 2 rings (SSSR count). The Hall–Kier alpha value is -1.82. The van der Waals surface area contributed by atoms with E-state index in [0.717, 1.165) is 0 Å². The smallest absolute Gasteiger partial charge is 0.124 e. The van der Waals surface area contributed by atoms with Gasteiger partial charge in [0.05, 0.1) is 20.3 Å². The molecule has 2 aromatic rings. The molecule has 2 aromatic carbocycles. The zero-order valence-corrected chi connectivity index (χ0v) is 12.4. The number of nitrogens with one attached hydrogen (secondary N) is 1. The SMILES string of the molecule is COc1ccc(F)cc1C(NN)c1cc(Cl)ccc1OC. The van der Waals surface area contributed by atoms with E-state index in [9.17, 15) is 4.39 Å². The predicted molar refractivity (Wildman–Crippen MR) is 80.1 cm³/mol. The highest BCUT2D eigenvalue weighted by Gasteiger charge is 2.21. The van der Waals surface area contributed by atoms with E-state index in [1.807, 2.05) is 0 Å². The third-order valence-corrected chi connectivity index (χ3v) is 3.41.